The lowest BCUT2D eigenvalue weighted by Gasteiger charge is -2.18. The zero-order chi connectivity index (χ0) is 15.1. The van der Waals surface area contributed by atoms with E-state index in [2.05, 4.69) is 73.1 Å². The Morgan fingerprint density at radius 1 is 0.864 bits per heavy atom. The molecule has 1 nitrogen and oxygen atoms in total. The van der Waals surface area contributed by atoms with Crippen LogP contribution in [0.25, 0.3) is 32.3 Å². The van der Waals surface area contributed by atoms with Gasteiger partial charge in [0.25, 0.3) is 0 Å². The van der Waals surface area contributed by atoms with Crippen molar-refractivity contribution < 1.29 is 0 Å². The largest absolute Gasteiger partial charge is 0.298 e. The molecule has 0 aliphatic carbocycles. The van der Waals surface area contributed by atoms with E-state index < -0.39 is 0 Å². The number of hydrogen-bond donors (Lipinski definition) is 0. The summed E-state index contributed by atoms with van der Waals surface area (Å²) in [6, 6.07) is 20.1. The van der Waals surface area contributed by atoms with Gasteiger partial charge in [-0.1, -0.05) is 60.7 Å². The summed E-state index contributed by atoms with van der Waals surface area (Å²) in [6.07, 6.45) is 1.95. The first-order valence-electron chi connectivity index (χ1n) is 7.73. The molecule has 0 aliphatic heterocycles. The topological polar surface area (TPSA) is 3.24 Å². The molecule has 4 aromatic carbocycles. The molecule has 0 fully saturated rings. The molecule has 0 radical (unpaired) electrons. The van der Waals surface area contributed by atoms with Crippen molar-refractivity contribution in [3.63, 3.8) is 0 Å². The summed E-state index contributed by atoms with van der Waals surface area (Å²) < 4.78 is 0. The lowest BCUT2D eigenvalue weighted by Crippen LogP contribution is -2.17. The van der Waals surface area contributed by atoms with Crippen molar-refractivity contribution in [2.75, 3.05) is 13.6 Å². The summed E-state index contributed by atoms with van der Waals surface area (Å²) in [4.78, 5) is 2.29. The zero-order valence-corrected chi connectivity index (χ0v) is 12.8. The molecule has 0 saturated carbocycles. The fourth-order valence-corrected chi connectivity index (χ4v) is 3.51. The Morgan fingerprint density at radius 3 is 2.23 bits per heavy atom. The van der Waals surface area contributed by atoms with Crippen molar-refractivity contribution in [1.82, 2.24) is 4.90 Å². The summed E-state index contributed by atoms with van der Waals surface area (Å²) in [5.74, 6) is 0. The number of rotatable bonds is 4. The van der Waals surface area contributed by atoms with Gasteiger partial charge in [-0.25, -0.2) is 0 Å². The molecule has 4 rings (SSSR count). The van der Waals surface area contributed by atoms with Crippen LogP contribution in [0, 0.1) is 0 Å². The predicted molar refractivity (Wildman–Crippen MR) is 96.7 cm³/mol. The van der Waals surface area contributed by atoms with Gasteiger partial charge in [-0.3, -0.25) is 4.90 Å². The number of likely N-dealkylation sites (N-methyl/N-ethyl adjacent to an activating group) is 1. The van der Waals surface area contributed by atoms with E-state index in [1.807, 2.05) is 6.08 Å². The molecule has 0 N–H and O–H groups in total. The van der Waals surface area contributed by atoms with E-state index >= 15 is 0 Å². The Kier molecular flexibility index (Phi) is 3.09. The van der Waals surface area contributed by atoms with Crippen molar-refractivity contribution >= 4 is 32.3 Å². The van der Waals surface area contributed by atoms with Crippen molar-refractivity contribution in [1.29, 1.82) is 0 Å². The van der Waals surface area contributed by atoms with Gasteiger partial charge in [0.15, 0.2) is 0 Å². The zero-order valence-electron chi connectivity index (χ0n) is 12.8. The van der Waals surface area contributed by atoms with E-state index in [-0.39, 0.29) is 0 Å². The third-order valence-electron chi connectivity index (χ3n) is 4.50. The van der Waals surface area contributed by atoms with Crippen molar-refractivity contribution in [2.24, 2.45) is 0 Å². The summed E-state index contributed by atoms with van der Waals surface area (Å²) in [7, 11) is 2.14. The average molecular weight is 285 g/mol. The van der Waals surface area contributed by atoms with Crippen LogP contribution in [-0.2, 0) is 6.54 Å². The van der Waals surface area contributed by atoms with E-state index in [9.17, 15) is 0 Å². The van der Waals surface area contributed by atoms with Crippen LogP contribution >= 0.6 is 0 Å². The molecule has 0 bridgehead atoms. The molecule has 108 valence electrons. The van der Waals surface area contributed by atoms with Gasteiger partial charge in [0.05, 0.1) is 0 Å². The molecular formula is C21H19N. The van der Waals surface area contributed by atoms with Crippen LogP contribution in [0.1, 0.15) is 5.56 Å². The van der Waals surface area contributed by atoms with E-state index in [0.717, 1.165) is 13.1 Å². The van der Waals surface area contributed by atoms with Crippen molar-refractivity contribution in [2.45, 2.75) is 6.54 Å². The Morgan fingerprint density at radius 2 is 1.50 bits per heavy atom. The lowest BCUT2D eigenvalue weighted by atomic mass is 9.92. The molecule has 0 amide bonds. The quantitative estimate of drug-likeness (QED) is 0.368. The Labute approximate surface area is 130 Å². The lowest BCUT2D eigenvalue weighted by molar-refractivity contribution is 0.365. The highest BCUT2D eigenvalue weighted by Crippen LogP contribution is 2.36. The van der Waals surface area contributed by atoms with Crippen LogP contribution in [-0.4, -0.2) is 18.5 Å². The molecule has 0 heterocycles. The molecule has 0 aliphatic rings. The number of benzene rings is 4. The van der Waals surface area contributed by atoms with Gasteiger partial charge in [-0.15, -0.1) is 6.58 Å². The maximum atomic E-state index is 3.83. The molecule has 1 heteroatoms. The molecule has 22 heavy (non-hydrogen) atoms. The third-order valence-corrected chi connectivity index (χ3v) is 4.50. The highest BCUT2D eigenvalue weighted by molar-refractivity contribution is 6.23. The normalized spacial score (nSPS) is 11.9. The van der Waals surface area contributed by atoms with Gasteiger partial charge in [-0.2, -0.15) is 0 Å². The maximum Gasteiger partial charge on any atom is 0.0240 e. The van der Waals surface area contributed by atoms with Crippen LogP contribution in [0.4, 0.5) is 0 Å². The first kappa shape index (κ1) is 13.3. The fourth-order valence-electron chi connectivity index (χ4n) is 3.51. The molecule has 0 spiro atoms. The molecule has 0 aromatic heterocycles. The molecule has 0 atom stereocenters. The highest BCUT2D eigenvalue weighted by Gasteiger charge is 2.11. The smallest absolute Gasteiger partial charge is 0.0240 e. The minimum absolute atomic E-state index is 0.905. The van der Waals surface area contributed by atoms with Crippen LogP contribution in [0.5, 0.6) is 0 Å². The molecule has 0 unspecified atom stereocenters. The number of nitrogens with zero attached hydrogens (tertiary/aromatic N) is 1. The van der Waals surface area contributed by atoms with E-state index in [1.54, 1.807) is 0 Å². The van der Waals surface area contributed by atoms with Crippen LogP contribution in [0.3, 0.4) is 0 Å². The predicted octanol–water partition coefficient (Wildman–Crippen LogP) is 5.20. The van der Waals surface area contributed by atoms with Gasteiger partial charge in [0.1, 0.15) is 0 Å². The third kappa shape index (κ3) is 1.98. The van der Waals surface area contributed by atoms with Crippen molar-refractivity contribution in [3.05, 3.63) is 72.8 Å². The summed E-state index contributed by atoms with van der Waals surface area (Å²) in [5, 5.41) is 8.15. The SMILES string of the molecule is C=CCN(C)Cc1ccc2ccc3cccc4ccc1c2c34. The first-order valence-corrected chi connectivity index (χ1v) is 7.73. The molecule has 0 saturated heterocycles. The van der Waals surface area contributed by atoms with Gasteiger partial charge in [0, 0.05) is 13.1 Å². The standard InChI is InChI=1S/C21H19N/c1-3-13-22(2)14-18-10-9-17-8-7-15-5-4-6-16-11-12-19(18)21(17)20(15)16/h3-12H,1,13-14H2,2H3. The number of hydrogen-bond acceptors (Lipinski definition) is 1. The Bertz CT molecular complexity index is 952. The second kappa shape index (κ2) is 5.11. The Balaban J connectivity index is 2.02. The van der Waals surface area contributed by atoms with E-state index in [4.69, 9.17) is 0 Å². The highest BCUT2D eigenvalue weighted by atomic mass is 15.1. The monoisotopic (exact) mass is 285 g/mol. The fraction of sp³-hybridized carbons (Fsp3) is 0.143. The van der Waals surface area contributed by atoms with E-state index in [0.29, 0.717) is 0 Å². The molecular weight excluding hydrogens is 266 g/mol. The van der Waals surface area contributed by atoms with Crippen molar-refractivity contribution in [3.8, 4) is 0 Å². The van der Waals surface area contributed by atoms with Crippen LogP contribution < -0.4 is 0 Å². The minimum Gasteiger partial charge on any atom is -0.298 e. The summed E-state index contributed by atoms with van der Waals surface area (Å²) in [5.41, 5.74) is 1.38. The van der Waals surface area contributed by atoms with E-state index in [1.165, 1.54) is 37.9 Å². The summed E-state index contributed by atoms with van der Waals surface area (Å²) >= 11 is 0. The summed E-state index contributed by atoms with van der Waals surface area (Å²) in [6.45, 7) is 5.68. The van der Waals surface area contributed by atoms with Crippen LogP contribution in [0.2, 0.25) is 0 Å². The van der Waals surface area contributed by atoms with Gasteiger partial charge in [-0.05, 0) is 44.9 Å². The second-order valence-electron chi connectivity index (χ2n) is 6.07. The Hall–Kier alpha value is -2.38. The second-order valence-corrected chi connectivity index (χ2v) is 6.07. The minimum atomic E-state index is 0.905. The van der Waals surface area contributed by atoms with Gasteiger partial charge in [0.2, 0.25) is 0 Å². The maximum absolute atomic E-state index is 3.83. The average Bonchev–Trinajstić information content (AvgIpc) is 2.54. The van der Waals surface area contributed by atoms with Gasteiger partial charge < -0.3 is 0 Å². The molecule has 4 aromatic rings. The van der Waals surface area contributed by atoms with Crippen LogP contribution in [0.15, 0.2) is 67.3 Å². The first-order chi connectivity index (χ1) is 10.8. The van der Waals surface area contributed by atoms with Gasteiger partial charge >= 0.3 is 0 Å².